The van der Waals surface area contributed by atoms with E-state index in [1.54, 1.807) is 11.8 Å². The highest BCUT2D eigenvalue weighted by Gasteiger charge is 2.20. The Bertz CT molecular complexity index is 747. The van der Waals surface area contributed by atoms with Gasteiger partial charge in [-0.1, -0.05) is 18.1 Å². The van der Waals surface area contributed by atoms with E-state index in [0.717, 1.165) is 18.6 Å². The summed E-state index contributed by atoms with van der Waals surface area (Å²) in [6, 6.07) is 6.17. The van der Waals surface area contributed by atoms with Crippen LogP contribution in [0, 0.1) is 0 Å². The maximum atomic E-state index is 12.4. The summed E-state index contributed by atoms with van der Waals surface area (Å²) in [7, 11) is 0. The van der Waals surface area contributed by atoms with E-state index in [0.29, 0.717) is 23.9 Å². The van der Waals surface area contributed by atoms with Crippen molar-refractivity contribution in [2.24, 2.45) is 0 Å². The normalized spacial score (nSPS) is 14.5. The fourth-order valence-corrected chi connectivity index (χ4v) is 3.47. The SMILES string of the molecule is CC[C@@H](Oc1ccc2c(c1)CCCC2)C(=O)NCc1nc(CSC)no1. The lowest BCUT2D eigenvalue weighted by Gasteiger charge is -2.20. The number of thioether (sulfide) groups is 1. The summed E-state index contributed by atoms with van der Waals surface area (Å²) in [6.45, 7) is 2.15. The third kappa shape index (κ3) is 4.78. The topological polar surface area (TPSA) is 77.2 Å². The van der Waals surface area contributed by atoms with Gasteiger partial charge in [0.25, 0.3) is 5.91 Å². The van der Waals surface area contributed by atoms with Crippen LogP contribution in [-0.4, -0.2) is 28.4 Å². The van der Waals surface area contributed by atoms with Crippen molar-refractivity contribution in [3.8, 4) is 5.75 Å². The summed E-state index contributed by atoms with van der Waals surface area (Å²) in [5.41, 5.74) is 2.75. The molecule has 26 heavy (non-hydrogen) atoms. The van der Waals surface area contributed by atoms with Gasteiger partial charge in [0.1, 0.15) is 5.75 Å². The number of ether oxygens (including phenoxy) is 1. The zero-order valence-corrected chi connectivity index (χ0v) is 16.1. The van der Waals surface area contributed by atoms with E-state index in [-0.39, 0.29) is 12.5 Å². The van der Waals surface area contributed by atoms with Crippen LogP contribution in [0.5, 0.6) is 5.75 Å². The van der Waals surface area contributed by atoms with Gasteiger partial charge in [-0.15, -0.1) is 0 Å². The van der Waals surface area contributed by atoms with Crippen molar-refractivity contribution >= 4 is 17.7 Å². The highest BCUT2D eigenvalue weighted by atomic mass is 32.2. The molecule has 0 saturated heterocycles. The average Bonchev–Trinajstić information content (AvgIpc) is 3.12. The molecule has 140 valence electrons. The van der Waals surface area contributed by atoms with Crippen LogP contribution in [0.2, 0.25) is 0 Å². The molecule has 0 bridgehead atoms. The molecular formula is C19H25N3O3S. The molecule has 1 heterocycles. The molecule has 2 aromatic rings. The highest BCUT2D eigenvalue weighted by Crippen LogP contribution is 2.26. The lowest BCUT2D eigenvalue weighted by atomic mass is 9.92. The standard InChI is InChI=1S/C19H25N3O3S/c1-3-16(19(23)20-11-18-21-17(12-26-2)22-25-18)24-15-9-8-13-6-4-5-7-14(13)10-15/h8-10,16H,3-7,11-12H2,1-2H3,(H,20,23)/t16-/m1/s1. The first kappa shape index (κ1) is 18.8. The second-order valence-corrected chi connectivity index (χ2v) is 7.27. The molecule has 1 N–H and O–H groups in total. The van der Waals surface area contributed by atoms with E-state index in [1.165, 1.54) is 24.0 Å². The number of benzene rings is 1. The second kappa shape index (κ2) is 9.07. The van der Waals surface area contributed by atoms with Crippen LogP contribution in [-0.2, 0) is 29.9 Å². The summed E-state index contributed by atoms with van der Waals surface area (Å²) in [6.07, 6.45) is 6.72. The molecular weight excluding hydrogens is 350 g/mol. The van der Waals surface area contributed by atoms with Gasteiger partial charge in [0, 0.05) is 0 Å². The van der Waals surface area contributed by atoms with Crippen molar-refractivity contribution in [1.82, 2.24) is 15.5 Å². The predicted octanol–water partition coefficient (Wildman–Crippen LogP) is 3.29. The quantitative estimate of drug-likeness (QED) is 0.763. The maximum Gasteiger partial charge on any atom is 0.261 e. The highest BCUT2D eigenvalue weighted by molar-refractivity contribution is 7.97. The van der Waals surface area contributed by atoms with Crippen molar-refractivity contribution in [2.75, 3.05) is 6.26 Å². The van der Waals surface area contributed by atoms with Gasteiger partial charge in [-0.25, -0.2) is 0 Å². The maximum absolute atomic E-state index is 12.4. The Kier molecular flexibility index (Phi) is 6.55. The van der Waals surface area contributed by atoms with Crippen molar-refractivity contribution in [2.45, 2.75) is 57.4 Å². The number of carbonyl (C=O) groups excluding carboxylic acids is 1. The molecule has 3 rings (SSSR count). The molecule has 7 heteroatoms. The second-order valence-electron chi connectivity index (χ2n) is 6.41. The summed E-state index contributed by atoms with van der Waals surface area (Å²) in [5, 5.41) is 6.69. The summed E-state index contributed by atoms with van der Waals surface area (Å²) in [5.74, 6) is 2.32. The number of carbonyl (C=O) groups is 1. The fourth-order valence-electron chi connectivity index (χ4n) is 3.10. The van der Waals surface area contributed by atoms with Crippen LogP contribution < -0.4 is 10.1 Å². The minimum Gasteiger partial charge on any atom is -0.481 e. The van der Waals surface area contributed by atoms with Gasteiger partial charge in [0.15, 0.2) is 11.9 Å². The van der Waals surface area contributed by atoms with Crippen LogP contribution in [0.4, 0.5) is 0 Å². The minimum absolute atomic E-state index is 0.171. The van der Waals surface area contributed by atoms with Crippen molar-refractivity contribution in [1.29, 1.82) is 0 Å². The van der Waals surface area contributed by atoms with Gasteiger partial charge >= 0.3 is 0 Å². The molecule has 0 saturated carbocycles. The molecule has 0 fully saturated rings. The Labute approximate surface area is 158 Å². The third-order valence-electron chi connectivity index (χ3n) is 4.46. The van der Waals surface area contributed by atoms with Crippen LogP contribution in [0.25, 0.3) is 0 Å². The first-order valence-corrected chi connectivity index (χ1v) is 10.5. The fraction of sp³-hybridized carbons (Fsp3) is 0.526. The van der Waals surface area contributed by atoms with Crippen molar-refractivity contribution in [3.05, 3.63) is 41.0 Å². The molecule has 1 aromatic heterocycles. The molecule has 1 aliphatic rings. The lowest BCUT2D eigenvalue weighted by Crippen LogP contribution is -2.37. The predicted molar refractivity (Wildman–Crippen MR) is 101 cm³/mol. The molecule has 0 unspecified atom stereocenters. The van der Waals surface area contributed by atoms with Gasteiger partial charge in [-0.2, -0.15) is 16.7 Å². The third-order valence-corrected chi connectivity index (χ3v) is 5.01. The van der Waals surface area contributed by atoms with Crippen LogP contribution in [0.15, 0.2) is 22.7 Å². The zero-order chi connectivity index (χ0) is 18.4. The number of aromatic nitrogens is 2. The number of nitrogens with one attached hydrogen (secondary N) is 1. The first-order valence-electron chi connectivity index (χ1n) is 9.06. The van der Waals surface area contributed by atoms with Crippen LogP contribution in [0.3, 0.4) is 0 Å². The van der Waals surface area contributed by atoms with Crippen LogP contribution >= 0.6 is 11.8 Å². The average molecular weight is 375 g/mol. The van der Waals surface area contributed by atoms with Gasteiger partial charge < -0.3 is 14.6 Å². The van der Waals surface area contributed by atoms with Gasteiger partial charge in [0.05, 0.1) is 12.3 Å². The molecule has 6 nitrogen and oxygen atoms in total. The number of nitrogens with zero attached hydrogens (tertiary/aromatic N) is 2. The van der Waals surface area contributed by atoms with E-state index in [4.69, 9.17) is 9.26 Å². The monoisotopic (exact) mass is 375 g/mol. The van der Waals surface area contributed by atoms with Crippen LogP contribution in [0.1, 0.15) is 49.0 Å². The lowest BCUT2D eigenvalue weighted by molar-refractivity contribution is -0.128. The molecule has 0 radical (unpaired) electrons. The van der Waals surface area contributed by atoms with Gasteiger partial charge in [0.2, 0.25) is 5.89 Å². The number of fused-ring (bicyclic) bond motifs is 1. The zero-order valence-electron chi connectivity index (χ0n) is 15.3. The van der Waals surface area contributed by atoms with E-state index in [2.05, 4.69) is 27.6 Å². The van der Waals surface area contributed by atoms with Crippen molar-refractivity contribution < 1.29 is 14.1 Å². The number of hydrogen-bond acceptors (Lipinski definition) is 6. The number of hydrogen-bond donors (Lipinski definition) is 1. The van der Waals surface area contributed by atoms with E-state index in [9.17, 15) is 4.79 Å². The Hall–Kier alpha value is -2.02. The molecule has 1 aromatic carbocycles. The molecule has 1 amide bonds. The molecule has 1 aliphatic carbocycles. The summed E-state index contributed by atoms with van der Waals surface area (Å²) < 4.78 is 11.1. The molecule has 0 aliphatic heterocycles. The molecule has 1 atom stereocenters. The minimum atomic E-state index is -0.537. The smallest absolute Gasteiger partial charge is 0.261 e. The summed E-state index contributed by atoms with van der Waals surface area (Å²) in [4.78, 5) is 16.7. The van der Waals surface area contributed by atoms with Gasteiger partial charge in [-0.3, -0.25) is 4.79 Å². The first-order chi connectivity index (χ1) is 12.7. The van der Waals surface area contributed by atoms with Crippen molar-refractivity contribution in [3.63, 3.8) is 0 Å². The molecule has 0 spiro atoms. The van der Waals surface area contributed by atoms with E-state index >= 15 is 0 Å². The Morgan fingerprint density at radius 3 is 2.92 bits per heavy atom. The number of rotatable bonds is 8. The Balaban J connectivity index is 1.56. The number of amides is 1. The van der Waals surface area contributed by atoms with E-state index < -0.39 is 6.10 Å². The number of aryl methyl sites for hydroxylation is 2. The van der Waals surface area contributed by atoms with Gasteiger partial charge in [-0.05, 0) is 61.6 Å². The Morgan fingerprint density at radius 2 is 2.15 bits per heavy atom. The Morgan fingerprint density at radius 1 is 1.35 bits per heavy atom. The largest absolute Gasteiger partial charge is 0.481 e. The van der Waals surface area contributed by atoms with E-state index in [1.807, 2.05) is 19.2 Å². The summed E-state index contributed by atoms with van der Waals surface area (Å²) >= 11 is 1.62.